The van der Waals surface area contributed by atoms with Gasteiger partial charge in [-0.3, -0.25) is 0 Å². The third-order valence-electron chi connectivity index (χ3n) is 3.68. The second-order valence-electron chi connectivity index (χ2n) is 5.07. The van der Waals surface area contributed by atoms with Gasteiger partial charge in [-0.2, -0.15) is 0 Å². The average Bonchev–Trinajstić information content (AvgIpc) is 2.44. The van der Waals surface area contributed by atoms with E-state index in [-0.39, 0.29) is 6.04 Å². The zero-order valence-electron chi connectivity index (χ0n) is 11.4. The lowest BCUT2D eigenvalue weighted by atomic mass is 9.93. The molecule has 1 heterocycles. The Balaban J connectivity index is 1.99. The first kappa shape index (κ1) is 13.9. The van der Waals surface area contributed by atoms with E-state index in [1.165, 1.54) is 24.3 Å². The minimum Gasteiger partial charge on any atom is -0.485 e. The lowest BCUT2D eigenvalue weighted by Gasteiger charge is -2.32. The highest BCUT2D eigenvalue weighted by molar-refractivity contribution is 5.40. The second kappa shape index (κ2) is 5.41. The van der Waals surface area contributed by atoms with Crippen molar-refractivity contribution in [2.75, 3.05) is 7.05 Å². The Morgan fingerprint density at radius 2 is 1.71 bits per heavy atom. The van der Waals surface area contributed by atoms with Crippen molar-refractivity contribution in [3.05, 3.63) is 65.0 Å². The van der Waals surface area contributed by atoms with Gasteiger partial charge in [-0.15, -0.1) is 0 Å². The second-order valence-corrected chi connectivity index (χ2v) is 5.07. The van der Waals surface area contributed by atoms with Gasteiger partial charge in [0.05, 0.1) is 0 Å². The summed E-state index contributed by atoms with van der Waals surface area (Å²) in [6.45, 7) is 0. The molecule has 2 nitrogen and oxygen atoms in total. The van der Waals surface area contributed by atoms with Gasteiger partial charge < -0.3 is 10.1 Å². The summed E-state index contributed by atoms with van der Waals surface area (Å²) < 4.78 is 45.8. The molecule has 0 saturated heterocycles. The maximum Gasteiger partial charge on any atom is 0.127 e. The Hall–Kier alpha value is -2.01. The molecule has 0 saturated carbocycles. The number of hydrogen-bond acceptors (Lipinski definition) is 2. The van der Waals surface area contributed by atoms with Crippen molar-refractivity contribution in [3.63, 3.8) is 0 Å². The van der Waals surface area contributed by atoms with E-state index in [0.29, 0.717) is 17.7 Å². The first-order valence-electron chi connectivity index (χ1n) is 6.66. The predicted octanol–water partition coefficient (Wildman–Crippen LogP) is 3.89. The lowest BCUT2D eigenvalue weighted by molar-refractivity contribution is 0.152. The van der Waals surface area contributed by atoms with Crippen LogP contribution in [-0.2, 0) is 0 Å². The average molecular weight is 293 g/mol. The zero-order chi connectivity index (χ0) is 15.0. The molecule has 0 aromatic heterocycles. The summed E-state index contributed by atoms with van der Waals surface area (Å²) in [5.41, 5.74) is 1.25. The van der Waals surface area contributed by atoms with Crippen molar-refractivity contribution in [1.82, 2.24) is 5.32 Å². The molecular formula is C16H14F3NO. The van der Waals surface area contributed by atoms with Crippen LogP contribution in [-0.4, -0.2) is 7.05 Å². The Kier molecular flexibility index (Phi) is 3.59. The number of hydrogen-bond donors (Lipinski definition) is 1. The SMILES string of the molecule is CNC1CC(c2cc(F)cc(F)c2)Oc2cc(F)ccc21. The number of fused-ring (bicyclic) bond motifs is 1. The van der Waals surface area contributed by atoms with E-state index in [1.54, 1.807) is 13.1 Å². The third-order valence-corrected chi connectivity index (χ3v) is 3.68. The molecule has 2 unspecified atom stereocenters. The van der Waals surface area contributed by atoms with Crippen molar-refractivity contribution in [1.29, 1.82) is 0 Å². The van der Waals surface area contributed by atoms with E-state index < -0.39 is 23.6 Å². The third kappa shape index (κ3) is 2.74. The van der Waals surface area contributed by atoms with Crippen LogP contribution in [0.2, 0.25) is 0 Å². The van der Waals surface area contributed by atoms with Crippen molar-refractivity contribution in [3.8, 4) is 5.75 Å². The van der Waals surface area contributed by atoms with Gasteiger partial charge in [-0.05, 0) is 30.8 Å². The predicted molar refractivity (Wildman–Crippen MR) is 72.5 cm³/mol. The first-order chi connectivity index (χ1) is 10.1. The van der Waals surface area contributed by atoms with Gasteiger partial charge in [0.2, 0.25) is 0 Å². The molecule has 1 aliphatic rings. The Morgan fingerprint density at radius 3 is 2.38 bits per heavy atom. The molecule has 0 bridgehead atoms. The fourth-order valence-corrected chi connectivity index (χ4v) is 2.68. The van der Waals surface area contributed by atoms with Crippen molar-refractivity contribution < 1.29 is 17.9 Å². The van der Waals surface area contributed by atoms with Gasteiger partial charge in [0, 0.05) is 30.2 Å². The first-order valence-corrected chi connectivity index (χ1v) is 6.66. The molecule has 0 amide bonds. The van der Waals surface area contributed by atoms with Crippen LogP contribution in [0, 0.1) is 17.5 Å². The summed E-state index contributed by atoms with van der Waals surface area (Å²) in [6.07, 6.45) is -0.0140. The molecular weight excluding hydrogens is 279 g/mol. The minimum atomic E-state index is -0.653. The van der Waals surface area contributed by atoms with Crippen LogP contribution < -0.4 is 10.1 Å². The van der Waals surface area contributed by atoms with Crippen LogP contribution in [0.25, 0.3) is 0 Å². The molecule has 0 radical (unpaired) electrons. The molecule has 1 aliphatic heterocycles. The normalized spacial score (nSPS) is 20.8. The number of rotatable bonds is 2. The van der Waals surface area contributed by atoms with E-state index >= 15 is 0 Å². The molecule has 5 heteroatoms. The quantitative estimate of drug-likeness (QED) is 0.907. The molecule has 0 spiro atoms. The highest BCUT2D eigenvalue weighted by Crippen LogP contribution is 2.41. The standard InChI is InChI=1S/C16H14F3NO/c1-20-14-8-15(9-4-11(18)6-12(19)5-9)21-16-7-10(17)2-3-13(14)16/h2-7,14-15,20H,8H2,1H3. The van der Waals surface area contributed by atoms with Crippen LogP contribution >= 0.6 is 0 Å². The van der Waals surface area contributed by atoms with Gasteiger partial charge in [0.15, 0.2) is 0 Å². The molecule has 2 aromatic rings. The van der Waals surface area contributed by atoms with Gasteiger partial charge in [0.25, 0.3) is 0 Å². The molecule has 3 rings (SSSR count). The van der Waals surface area contributed by atoms with Crippen LogP contribution in [0.15, 0.2) is 36.4 Å². The van der Waals surface area contributed by atoms with E-state index in [2.05, 4.69) is 5.32 Å². The highest BCUT2D eigenvalue weighted by Gasteiger charge is 2.29. The summed E-state index contributed by atoms with van der Waals surface area (Å²) in [6, 6.07) is 7.56. The topological polar surface area (TPSA) is 21.3 Å². The van der Waals surface area contributed by atoms with Crippen LogP contribution in [0.3, 0.4) is 0 Å². The minimum absolute atomic E-state index is 0.0642. The van der Waals surface area contributed by atoms with Crippen molar-refractivity contribution in [2.24, 2.45) is 0 Å². The van der Waals surface area contributed by atoms with Gasteiger partial charge in [0.1, 0.15) is 29.3 Å². The molecule has 2 atom stereocenters. The number of ether oxygens (including phenoxy) is 1. The fourth-order valence-electron chi connectivity index (χ4n) is 2.68. The molecule has 110 valence electrons. The van der Waals surface area contributed by atoms with Crippen LogP contribution in [0.1, 0.15) is 29.7 Å². The summed E-state index contributed by atoms with van der Waals surface area (Å²) >= 11 is 0. The van der Waals surface area contributed by atoms with E-state index in [4.69, 9.17) is 4.74 Å². The number of benzene rings is 2. The summed E-state index contributed by atoms with van der Waals surface area (Å²) in [5, 5.41) is 3.12. The Bertz CT molecular complexity index is 654. The maximum absolute atomic E-state index is 13.4. The summed E-state index contributed by atoms with van der Waals surface area (Å²) in [7, 11) is 1.78. The summed E-state index contributed by atoms with van der Waals surface area (Å²) in [4.78, 5) is 0. The fraction of sp³-hybridized carbons (Fsp3) is 0.250. The molecule has 2 aromatic carbocycles. The van der Waals surface area contributed by atoms with Gasteiger partial charge in [-0.1, -0.05) is 6.07 Å². The smallest absolute Gasteiger partial charge is 0.127 e. The van der Waals surface area contributed by atoms with Gasteiger partial charge in [-0.25, -0.2) is 13.2 Å². The molecule has 1 N–H and O–H groups in total. The number of halogens is 3. The molecule has 0 aliphatic carbocycles. The summed E-state index contributed by atoms with van der Waals surface area (Å²) in [5.74, 6) is -1.32. The van der Waals surface area contributed by atoms with Crippen molar-refractivity contribution >= 4 is 0 Å². The maximum atomic E-state index is 13.4. The van der Waals surface area contributed by atoms with E-state index in [9.17, 15) is 13.2 Å². The van der Waals surface area contributed by atoms with Crippen molar-refractivity contribution in [2.45, 2.75) is 18.6 Å². The monoisotopic (exact) mass is 293 g/mol. The highest BCUT2D eigenvalue weighted by atomic mass is 19.1. The van der Waals surface area contributed by atoms with Gasteiger partial charge >= 0.3 is 0 Å². The zero-order valence-corrected chi connectivity index (χ0v) is 11.4. The lowest BCUT2D eigenvalue weighted by Crippen LogP contribution is -2.27. The largest absolute Gasteiger partial charge is 0.485 e. The molecule has 0 fully saturated rings. The Labute approximate surface area is 120 Å². The molecule has 21 heavy (non-hydrogen) atoms. The Morgan fingerprint density at radius 1 is 1.00 bits per heavy atom. The number of nitrogens with one attached hydrogen (secondary N) is 1. The van der Waals surface area contributed by atoms with E-state index in [0.717, 1.165) is 11.6 Å². The van der Waals surface area contributed by atoms with Crippen LogP contribution in [0.4, 0.5) is 13.2 Å². The van der Waals surface area contributed by atoms with Crippen LogP contribution in [0.5, 0.6) is 5.75 Å². The van der Waals surface area contributed by atoms with E-state index in [1.807, 2.05) is 0 Å².